The molecule has 0 unspecified atom stereocenters. The Morgan fingerprint density at radius 1 is 0.906 bits per heavy atom. The van der Waals surface area contributed by atoms with Crippen molar-refractivity contribution in [1.82, 2.24) is 9.80 Å². The normalized spacial score (nSPS) is 14.4. The predicted octanol–water partition coefficient (Wildman–Crippen LogP) is 5.67. The third-order valence-corrected chi connectivity index (χ3v) is 6.08. The molecular weight excluding hydrogens is 450 g/mol. The number of amides is 1. The summed E-state index contributed by atoms with van der Waals surface area (Å²) in [6, 6.07) is 18.9. The van der Waals surface area contributed by atoms with Crippen molar-refractivity contribution < 1.29 is 13.9 Å². The summed E-state index contributed by atoms with van der Waals surface area (Å²) in [7, 11) is 0. The van der Waals surface area contributed by atoms with E-state index in [4.69, 9.17) is 27.9 Å². The predicted molar refractivity (Wildman–Crippen MR) is 125 cm³/mol. The Kier molecular flexibility index (Phi) is 7.30. The third kappa shape index (κ3) is 5.80. The number of ether oxygens (including phenoxy) is 1. The second kappa shape index (κ2) is 10.3. The first-order chi connectivity index (χ1) is 15.5. The van der Waals surface area contributed by atoms with Gasteiger partial charge >= 0.3 is 0 Å². The molecule has 32 heavy (non-hydrogen) atoms. The molecular formula is C25H23Cl2FN2O2. The van der Waals surface area contributed by atoms with E-state index in [1.165, 1.54) is 12.1 Å². The van der Waals surface area contributed by atoms with Crippen molar-refractivity contribution >= 4 is 29.1 Å². The highest BCUT2D eigenvalue weighted by Crippen LogP contribution is 2.23. The van der Waals surface area contributed by atoms with Crippen LogP contribution in [0.2, 0.25) is 10.0 Å². The molecule has 0 radical (unpaired) electrons. The van der Waals surface area contributed by atoms with Gasteiger partial charge in [0.25, 0.3) is 5.91 Å². The Bertz CT molecular complexity index is 1070. The van der Waals surface area contributed by atoms with Crippen LogP contribution in [0.3, 0.4) is 0 Å². The summed E-state index contributed by atoms with van der Waals surface area (Å²) >= 11 is 12.3. The summed E-state index contributed by atoms with van der Waals surface area (Å²) in [4.78, 5) is 17.0. The number of carbonyl (C=O) groups is 1. The molecule has 1 heterocycles. The van der Waals surface area contributed by atoms with Gasteiger partial charge in [0, 0.05) is 48.3 Å². The van der Waals surface area contributed by atoms with Gasteiger partial charge in [0.2, 0.25) is 0 Å². The molecule has 3 aromatic rings. The molecule has 0 spiro atoms. The van der Waals surface area contributed by atoms with Crippen molar-refractivity contribution in [2.24, 2.45) is 0 Å². The van der Waals surface area contributed by atoms with E-state index in [-0.39, 0.29) is 11.7 Å². The molecule has 0 N–H and O–H groups in total. The molecule has 166 valence electrons. The standard InChI is InChI=1S/C25H23Cl2FN2O2/c26-21-6-5-20(24(27)15-21)16-29-11-13-30(14-12-29)25(31)19-3-1-18(2-4-19)17-32-23-9-7-22(28)8-10-23/h1-10,15H,11-14,16-17H2. The van der Waals surface area contributed by atoms with Crippen molar-refractivity contribution in [2.75, 3.05) is 26.2 Å². The van der Waals surface area contributed by atoms with Crippen LogP contribution in [-0.2, 0) is 13.2 Å². The van der Waals surface area contributed by atoms with Gasteiger partial charge in [-0.2, -0.15) is 0 Å². The van der Waals surface area contributed by atoms with Gasteiger partial charge in [0.1, 0.15) is 18.2 Å². The second-order valence-electron chi connectivity index (χ2n) is 7.74. The lowest BCUT2D eigenvalue weighted by Gasteiger charge is -2.35. The van der Waals surface area contributed by atoms with Gasteiger partial charge in [-0.3, -0.25) is 9.69 Å². The first kappa shape index (κ1) is 22.6. The minimum Gasteiger partial charge on any atom is -0.489 e. The Balaban J connectivity index is 1.27. The molecule has 1 amide bonds. The maximum Gasteiger partial charge on any atom is 0.253 e. The van der Waals surface area contributed by atoms with Crippen molar-refractivity contribution in [3.8, 4) is 5.75 Å². The number of carbonyl (C=O) groups excluding carboxylic acids is 1. The van der Waals surface area contributed by atoms with E-state index in [9.17, 15) is 9.18 Å². The van der Waals surface area contributed by atoms with E-state index in [2.05, 4.69) is 4.90 Å². The van der Waals surface area contributed by atoms with Gasteiger partial charge in [-0.1, -0.05) is 41.4 Å². The van der Waals surface area contributed by atoms with Gasteiger partial charge in [-0.25, -0.2) is 4.39 Å². The molecule has 7 heteroatoms. The summed E-state index contributed by atoms with van der Waals surface area (Å²) < 4.78 is 18.6. The summed E-state index contributed by atoms with van der Waals surface area (Å²) in [5, 5.41) is 1.29. The quantitative estimate of drug-likeness (QED) is 0.463. The second-order valence-corrected chi connectivity index (χ2v) is 8.59. The van der Waals surface area contributed by atoms with Crippen LogP contribution in [0.4, 0.5) is 4.39 Å². The zero-order chi connectivity index (χ0) is 22.5. The molecule has 4 nitrogen and oxygen atoms in total. The Morgan fingerprint density at radius 3 is 2.25 bits per heavy atom. The van der Waals surface area contributed by atoms with E-state index in [1.807, 2.05) is 41.3 Å². The van der Waals surface area contributed by atoms with Crippen molar-refractivity contribution in [3.63, 3.8) is 0 Å². The van der Waals surface area contributed by atoms with Crippen molar-refractivity contribution in [1.29, 1.82) is 0 Å². The van der Waals surface area contributed by atoms with Crippen LogP contribution >= 0.6 is 23.2 Å². The molecule has 1 aliphatic heterocycles. The number of nitrogens with zero attached hydrogens (tertiary/aromatic N) is 2. The van der Waals surface area contributed by atoms with Crippen molar-refractivity contribution in [3.05, 3.63) is 99.3 Å². The average Bonchev–Trinajstić information content (AvgIpc) is 2.81. The topological polar surface area (TPSA) is 32.8 Å². The highest BCUT2D eigenvalue weighted by molar-refractivity contribution is 6.35. The van der Waals surface area contributed by atoms with Crippen LogP contribution in [0.1, 0.15) is 21.5 Å². The van der Waals surface area contributed by atoms with Gasteiger partial charge in [-0.15, -0.1) is 0 Å². The number of hydrogen-bond donors (Lipinski definition) is 0. The van der Waals surface area contributed by atoms with Gasteiger partial charge in [0.15, 0.2) is 0 Å². The van der Waals surface area contributed by atoms with Crippen LogP contribution in [0.25, 0.3) is 0 Å². The highest BCUT2D eigenvalue weighted by atomic mass is 35.5. The minimum absolute atomic E-state index is 0.0279. The third-order valence-electron chi connectivity index (χ3n) is 5.49. The smallest absolute Gasteiger partial charge is 0.253 e. The van der Waals surface area contributed by atoms with Crippen LogP contribution in [0.15, 0.2) is 66.7 Å². The van der Waals surface area contributed by atoms with E-state index < -0.39 is 0 Å². The average molecular weight is 473 g/mol. The SMILES string of the molecule is O=C(c1ccc(COc2ccc(F)cc2)cc1)N1CCN(Cc2ccc(Cl)cc2Cl)CC1. The lowest BCUT2D eigenvalue weighted by Crippen LogP contribution is -2.48. The summed E-state index contributed by atoms with van der Waals surface area (Å²) in [5.74, 6) is 0.333. The van der Waals surface area contributed by atoms with E-state index in [1.54, 1.807) is 18.2 Å². The number of rotatable bonds is 6. The first-order valence-corrected chi connectivity index (χ1v) is 11.2. The van der Waals surface area contributed by atoms with Gasteiger partial charge in [0.05, 0.1) is 0 Å². The Morgan fingerprint density at radius 2 is 1.59 bits per heavy atom. The van der Waals surface area contributed by atoms with Crippen LogP contribution in [-0.4, -0.2) is 41.9 Å². The Hall–Kier alpha value is -2.60. The summed E-state index contributed by atoms with van der Waals surface area (Å²) in [6.07, 6.45) is 0. The maximum absolute atomic E-state index is 13.0. The number of benzene rings is 3. The van der Waals surface area contributed by atoms with Gasteiger partial charge in [-0.05, 0) is 59.7 Å². The fourth-order valence-corrected chi connectivity index (χ4v) is 4.09. The van der Waals surface area contributed by atoms with E-state index in [0.29, 0.717) is 41.1 Å². The maximum atomic E-state index is 13.0. The molecule has 0 aliphatic carbocycles. The molecule has 0 saturated carbocycles. The number of halogens is 3. The molecule has 1 fully saturated rings. The largest absolute Gasteiger partial charge is 0.489 e. The van der Waals surface area contributed by atoms with Gasteiger partial charge < -0.3 is 9.64 Å². The summed E-state index contributed by atoms with van der Waals surface area (Å²) in [5.41, 5.74) is 2.63. The zero-order valence-electron chi connectivity index (χ0n) is 17.4. The van der Waals surface area contributed by atoms with Crippen LogP contribution in [0.5, 0.6) is 5.75 Å². The molecule has 3 aromatic carbocycles. The lowest BCUT2D eigenvalue weighted by molar-refractivity contribution is 0.0628. The molecule has 4 rings (SSSR count). The van der Waals surface area contributed by atoms with E-state index in [0.717, 1.165) is 30.8 Å². The molecule has 1 aliphatic rings. The van der Waals surface area contributed by atoms with Crippen LogP contribution in [0, 0.1) is 5.82 Å². The fourth-order valence-electron chi connectivity index (χ4n) is 3.62. The first-order valence-electron chi connectivity index (χ1n) is 10.4. The molecule has 0 bridgehead atoms. The molecule has 0 aromatic heterocycles. The Labute approximate surface area is 197 Å². The number of hydrogen-bond acceptors (Lipinski definition) is 3. The van der Waals surface area contributed by atoms with E-state index >= 15 is 0 Å². The number of piperazine rings is 1. The highest BCUT2D eigenvalue weighted by Gasteiger charge is 2.22. The monoisotopic (exact) mass is 472 g/mol. The summed E-state index contributed by atoms with van der Waals surface area (Å²) in [6.45, 7) is 3.99. The zero-order valence-corrected chi connectivity index (χ0v) is 19.0. The fraction of sp³-hybridized carbons (Fsp3) is 0.240. The van der Waals surface area contributed by atoms with Crippen LogP contribution < -0.4 is 4.74 Å². The minimum atomic E-state index is -0.296. The molecule has 1 saturated heterocycles. The van der Waals surface area contributed by atoms with Crippen molar-refractivity contribution in [2.45, 2.75) is 13.2 Å². The molecule has 0 atom stereocenters. The lowest BCUT2D eigenvalue weighted by atomic mass is 10.1.